The predicted octanol–water partition coefficient (Wildman–Crippen LogP) is 7.86. The van der Waals surface area contributed by atoms with Crippen LogP contribution in [-0.4, -0.2) is 70.1 Å². The van der Waals surface area contributed by atoms with E-state index < -0.39 is 12.2 Å². The molecule has 3 aliphatic rings. The van der Waals surface area contributed by atoms with Gasteiger partial charge in [-0.15, -0.1) is 0 Å². The van der Waals surface area contributed by atoms with E-state index in [-0.39, 0.29) is 42.6 Å². The van der Waals surface area contributed by atoms with Crippen LogP contribution in [0.2, 0.25) is 0 Å². The van der Waals surface area contributed by atoms with Crippen LogP contribution < -0.4 is 0 Å². The number of esters is 1. The van der Waals surface area contributed by atoms with Gasteiger partial charge < -0.3 is 29.5 Å². The van der Waals surface area contributed by atoms with Gasteiger partial charge in [-0.25, -0.2) is 4.79 Å². The highest BCUT2D eigenvalue weighted by Gasteiger charge is 2.40. The number of rotatable bonds is 25. The van der Waals surface area contributed by atoms with E-state index in [0.717, 1.165) is 95.5 Å². The predicted molar refractivity (Wildman–Crippen MR) is 175 cm³/mol. The molecule has 0 spiro atoms. The van der Waals surface area contributed by atoms with Crippen LogP contribution in [0.1, 0.15) is 168 Å². The van der Waals surface area contributed by atoms with Crippen LogP contribution in [0, 0.1) is 0 Å². The molecule has 0 amide bonds. The molecule has 3 N–H and O–H groups in total. The molecule has 256 valence electrons. The molecule has 8 atom stereocenters. The Balaban J connectivity index is 1.13. The van der Waals surface area contributed by atoms with Gasteiger partial charge in [0.25, 0.3) is 0 Å². The van der Waals surface area contributed by atoms with E-state index in [9.17, 15) is 20.1 Å². The van der Waals surface area contributed by atoms with Gasteiger partial charge in [0.05, 0.1) is 42.7 Å². The summed E-state index contributed by atoms with van der Waals surface area (Å²) in [6.07, 6.45) is 25.8. The molecular formula is C37H66O7. The van der Waals surface area contributed by atoms with Crippen LogP contribution >= 0.6 is 0 Å². The third kappa shape index (κ3) is 14.2. The van der Waals surface area contributed by atoms with Gasteiger partial charge in [-0.2, -0.15) is 0 Å². The van der Waals surface area contributed by atoms with Gasteiger partial charge >= 0.3 is 5.97 Å². The Labute approximate surface area is 268 Å². The second-order valence-electron chi connectivity index (χ2n) is 14.0. The standard InChI is InChI=1S/C37H66O7/c1-3-4-13-19-30(38)20-16-17-22-32(40)34-24-26-36(44-34)35-25-23-33(43-35)31(39)21-15-12-10-8-6-5-7-9-11-14-18-29-27-28(2)42-37(29)41/h27-28,30-36,38-40H,3-26H2,1-2H3/t28-,30+,31+,32-,33+,34-,35-,36-/m0/s1. The molecular weight excluding hydrogens is 556 g/mol. The maximum absolute atomic E-state index is 11.6. The van der Waals surface area contributed by atoms with Crippen molar-refractivity contribution in [2.75, 3.05) is 0 Å². The number of aliphatic hydroxyl groups is 3. The Morgan fingerprint density at radius 1 is 0.659 bits per heavy atom. The van der Waals surface area contributed by atoms with Gasteiger partial charge in [0.15, 0.2) is 0 Å². The van der Waals surface area contributed by atoms with E-state index in [2.05, 4.69) is 6.92 Å². The minimum Gasteiger partial charge on any atom is -0.455 e. The first-order valence-electron chi connectivity index (χ1n) is 18.6. The van der Waals surface area contributed by atoms with Gasteiger partial charge in [0.2, 0.25) is 0 Å². The molecule has 7 heteroatoms. The first-order chi connectivity index (χ1) is 21.4. The summed E-state index contributed by atoms with van der Waals surface area (Å²) in [5.74, 6) is -0.123. The highest BCUT2D eigenvalue weighted by molar-refractivity contribution is 5.90. The normalized spacial score (nSPS) is 27.4. The molecule has 2 fully saturated rings. The van der Waals surface area contributed by atoms with Crippen molar-refractivity contribution in [3.05, 3.63) is 11.6 Å². The van der Waals surface area contributed by atoms with Crippen LogP contribution in [-0.2, 0) is 19.0 Å². The summed E-state index contributed by atoms with van der Waals surface area (Å²) in [4.78, 5) is 11.6. The van der Waals surface area contributed by atoms with Crippen molar-refractivity contribution in [3.63, 3.8) is 0 Å². The maximum Gasteiger partial charge on any atom is 0.334 e. The second kappa shape index (κ2) is 21.7. The Hall–Kier alpha value is -0.990. The molecule has 2 saturated heterocycles. The Kier molecular flexibility index (Phi) is 18.5. The van der Waals surface area contributed by atoms with Gasteiger partial charge in [0, 0.05) is 5.57 Å². The van der Waals surface area contributed by atoms with Gasteiger partial charge in [-0.05, 0) is 77.2 Å². The van der Waals surface area contributed by atoms with Gasteiger partial charge in [-0.1, -0.05) is 96.8 Å². The summed E-state index contributed by atoms with van der Waals surface area (Å²) in [5, 5.41) is 31.5. The zero-order valence-corrected chi connectivity index (χ0v) is 28.1. The van der Waals surface area contributed by atoms with Crippen LogP contribution in [0.3, 0.4) is 0 Å². The van der Waals surface area contributed by atoms with Gasteiger partial charge in [-0.3, -0.25) is 0 Å². The van der Waals surface area contributed by atoms with Crippen molar-refractivity contribution in [1.82, 2.24) is 0 Å². The number of aliphatic hydroxyl groups excluding tert-OH is 3. The summed E-state index contributed by atoms with van der Waals surface area (Å²) in [7, 11) is 0. The molecule has 0 unspecified atom stereocenters. The minimum absolute atomic E-state index is 0.0274. The topological polar surface area (TPSA) is 105 Å². The Bertz CT molecular complexity index is 801. The summed E-state index contributed by atoms with van der Waals surface area (Å²) in [5.41, 5.74) is 0.863. The van der Waals surface area contributed by atoms with E-state index in [1.807, 2.05) is 13.0 Å². The fraction of sp³-hybridized carbons (Fsp3) is 0.919. The van der Waals surface area contributed by atoms with Crippen molar-refractivity contribution in [1.29, 1.82) is 0 Å². The molecule has 0 bridgehead atoms. The van der Waals surface area contributed by atoms with Crippen LogP contribution in [0.5, 0.6) is 0 Å². The van der Waals surface area contributed by atoms with E-state index in [4.69, 9.17) is 14.2 Å². The quantitative estimate of drug-likeness (QED) is 0.0703. The fourth-order valence-corrected chi connectivity index (χ4v) is 7.27. The lowest BCUT2D eigenvalue weighted by Crippen LogP contribution is -2.33. The zero-order chi connectivity index (χ0) is 31.6. The molecule has 0 radical (unpaired) electrons. The molecule has 3 rings (SSSR count). The number of unbranched alkanes of at least 4 members (excludes halogenated alkanes) is 12. The number of cyclic esters (lactones) is 1. The van der Waals surface area contributed by atoms with Crippen molar-refractivity contribution < 1.29 is 34.3 Å². The average molecular weight is 623 g/mol. The Morgan fingerprint density at radius 2 is 1.11 bits per heavy atom. The van der Waals surface area contributed by atoms with Crippen molar-refractivity contribution >= 4 is 5.97 Å². The van der Waals surface area contributed by atoms with Crippen LogP contribution in [0.15, 0.2) is 11.6 Å². The number of carbonyl (C=O) groups is 1. The van der Waals surface area contributed by atoms with E-state index >= 15 is 0 Å². The van der Waals surface area contributed by atoms with Crippen molar-refractivity contribution in [2.24, 2.45) is 0 Å². The van der Waals surface area contributed by atoms with Crippen molar-refractivity contribution in [3.8, 4) is 0 Å². The van der Waals surface area contributed by atoms with Gasteiger partial charge in [0.1, 0.15) is 6.10 Å². The maximum atomic E-state index is 11.6. The van der Waals surface area contributed by atoms with E-state index in [1.165, 1.54) is 64.2 Å². The first kappa shape index (κ1) is 37.5. The summed E-state index contributed by atoms with van der Waals surface area (Å²) in [6.45, 7) is 4.09. The molecule has 44 heavy (non-hydrogen) atoms. The monoisotopic (exact) mass is 622 g/mol. The minimum atomic E-state index is -0.447. The number of hydrogen-bond donors (Lipinski definition) is 3. The highest BCUT2D eigenvalue weighted by Crippen LogP contribution is 2.34. The van der Waals surface area contributed by atoms with E-state index in [1.54, 1.807) is 0 Å². The summed E-state index contributed by atoms with van der Waals surface area (Å²) < 4.78 is 17.7. The summed E-state index contributed by atoms with van der Waals surface area (Å²) in [6, 6.07) is 0. The third-order valence-corrected chi connectivity index (χ3v) is 10.1. The summed E-state index contributed by atoms with van der Waals surface area (Å²) >= 11 is 0. The molecule has 0 aromatic rings. The number of ether oxygens (including phenoxy) is 3. The molecule has 3 heterocycles. The lowest BCUT2D eigenvalue weighted by atomic mass is 10.00. The van der Waals surface area contributed by atoms with Crippen molar-refractivity contribution in [2.45, 2.75) is 217 Å². The Morgan fingerprint density at radius 3 is 1.61 bits per heavy atom. The molecule has 0 saturated carbocycles. The van der Waals surface area contributed by atoms with Crippen LogP contribution in [0.25, 0.3) is 0 Å². The van der Waals surface area contributed by atoms with Crippen LogP contribution in [0.4, 0.5) is 0 Å². The third-order valence-electron chi connectivity index (χ3n) is 10.1. The lowest BCUT2D eigenvalue weighted by molar-refractivity contribution is -0.139. The average Bonchev–Trinajstić information content (AvgIpc) is 3.76. The molecule has 3 aliphatic heterocycles. The largest absolute Gasteiger partial charge is 0.455 e. The molecule has 7 nitrogen and oxygen atoms in total. The molecule has 0 aromatic heterocycles. The number of carbonyl (C=O) groups excluding carboxylic acids is 1. The lowest BCUT2D eigenvalue weighted by Gasteiger charge is -2.24. The number of hydrogen-bond acceptors (Lipinski definition) is 7. The SMILES string of the molecule is CCCCC[C@@H](O)CCCC[C@H](O)[C@@H]1CC[C@@H]([C@@H]2CC[C@H]([C@H](O)CCCCCCCCCCCCC3=C[C@H](C)OC3=O)O2)O1. The smallest absolute Gasteiger partial charge is 0.334 e. The fourth-order valence-electron chi connectivity index (χ4n) is 7.27. The second-order valence-corrected chi connectivity index (χ2v) is 14.0. The molecule has 0 aromatic carbocycles. The van der Waals surface area contributed by atoms with E-state index in [0.29, 0.717) is 0 Å². The molecule has 0 aliphatic carbocycles. The zero-order valence-electron chi connectivity index (χ0n) is 28.1. The first-order valence-corrected chi connectivity index (χ1v) is 18.6. The highest BCUT2D eigenvalue weighted by atomic mass is 16.6.